The van der Waals surface area contributed by atoms with Gasteiger partial charge in [-0.3, -0.25) is 4.79 Å². The van der Waals surface area contributed by atoms with Crippen molar-refractivity contribution in [2.75, 3.05) is 11.6 Å². The van der Waals surface area contributed by atoms with Crippen molar-refractivity contribution in [1.82, 2.24) is 4.57 Å². The van der Waals surface area contributed by atoms with E-state index in [1.165, 1.54) is 0 Å². The lowest BCUT2D eigenvalue weighted by atomic mass is 10.4. The first-order chi connectivity index (χ1) is 7.11. The first kappa shape index (κ1) is 14.3. The van der Waals surface area contributed by atoms with Crippen molar-refractivity contribution in [3.63, 3.8) is 0 Å². The van der Waals surface area contributed by atoms with Crippen LogP contribution in [-0.4, -0.2) is 44.8 Å². The molecule has 0 aliphatic carbocycles. The number of carbonyl (C=O) groups is 1. The highest BCUT2D eigenvalue weighted by Crippen LogP contribution is 2.28. The van der Waals surface area contributed by atoms with Crippen LogP contribution in [0.2, 0.25) is 39.3 Å². The summed E-state index contributed by atoms with van der Waals surface area (Å²) in [5.74, 6) is 1.89. The van der Waals surface area contributed by atoms with E-state index in [-0.39, 0.29) is 12.0 Å². The van der Waals surface area contributed by atoms with Crippen molar-refractivity contribution < 1.29 is 9.22 Å². The average molecular weight is 278 g/mol. The second kappa shape index (κ2) is 4.83. The van der Waals surface area contributed by atoms with E-state index in [1.807, 2.05) is 11.8 Å². The Hall–Kier alpha value is 0.214. The summed E-state index contributed by atoms with van der Waals surface area (Å²) in [6.07, 6.45) is 0. The zero-order chi connectivity index (χ0) is 12.6. The molecule has 0 N–H and O–H groups in total. The summed E-state index contributed by atoms with van der Waals surface area (Å²) < 4.78 is 7.99. The molecule has 94 valence electrons. The van der Waals surface area contributed by atoms with E-state index in [2.05, 4.69) is 43.8 Å². The van der Waals surface area contributed by atoms with Crippen LogP contribution in [0, 0.1) is 0 Å². The Bertz CT molecular complexity index is 273. The molecule has 3 nitrogen and oxygen atoms in total. The molecule has 1 saturated heterocycles. The van der Waals surface area contributed by atoms with E-state index in [1.54, 1.807) is 0 Å². The van der Waals surface area contributed by atoms with E-state index >= 15 is 0 Å². The van der Waals surface area contributed by atoms with Gasteiger partial charge in [-0.25, -0.2) is 0 Å². The summed E-state index contributed by atoms with van der Waals surface area (Å²) >= 11 is 1.85. The van der Waals surface area contributed by atoms with Crippen LogP contribution in [-0.2, 0) is 9.22 Å². The van der Waals surface area contributed by atoms with Gasteiger partial charge in [0.15, 0.2) is 0 Å². The molecular formula is C10H23NO2SSi2. The lowest BCUT2D eigenvalue weighted by Gasteiger charge is -2.34. The standard InChI is InChI=1S/C10H23NO2SSi2/c1-15(2,3)11-8-14-7-9(11)10(12)13-16(4,5)6/h9H,7-8H2,1-6H3. The first-order valence-corrected chi connectivity index (χ1v) is 13.7. The number of nitrogens with zero attached hydrogens (tertiary/aromatic N) is 1. The quantitative estimate of drug-likeness (QED) is 0.742. The highest BCUT2D eigenvalue weighted by atomic mass is 32.2. The lowest BCUT2D eigenvalue weighted by Crippen LogP contribution is -2.53. The van der Waals surface area contributed by atoms with Crippen LogP contribution in [0.3, 0.4) is 0 Å². The van der Waals surface area contributed by atoms with Crippen molar-refractivity contribution >= 4 is 34.3 Å². The molecule has 0 radical (unpaired) electrons. The first-order valence-electron chi connectivity index (χ1n) is 5.68. The lowest BCUT2D eigenvalue weighted by molar-refractivity contribution is -0.138. The molecule has 0 bridgehead atoms. The molecule has 1 rings (SSSR count). The molecule has 1 heterocycles. The topological polar surface area (TPSA) is 29.5 Å². The molecule has 0 saturated carbocycles. The predicted molar refractivity (Wildman–Crippen MR) is 75.7 cm³/mol. The van der Waals surface area contributed by atoms with Gasteiger partial charge in [0.05, 0.1) is 0 Å². The second-order valence-electron chi connectivity index (χ2n) is 6.19. The predicted octanol–water partition coefficient (Wildman–Crippen LogP) is 2.57. The molecule has 0 aromatic carbocycles. The van der Waals surface area contributed by atoms with Gasteiger partial charge >= 0.3 is 5.97 Å². The third-order valence-corrected chi connectivity index (χ3v) is 6.67. The third kappa shape index (κ3) is 3.90. The third-order valence-electron chi connectivity index (χ3n) is 2.42. The number of rotatable bonds is 3. The fraction of sp³-hybridized carbons (Fsp3) is 0.900. The fourth-order valence-corrected chi connectivity index (χ4v) is 6.52. The van der Waals surface area contributed by atoms with Crippen molar-refractivity contribution in [3.8, 4) is 0 Å². The summed E-state index contributed by atoms with van der Waals surface area (Å²) in [6.45, 7) is 13.0. The molecule has 0 amide bonds. The van der Waals surface area contributed by atoms with Gasteiger partial charge in [0.25, 0.3) is 0 Å². The van der Waals surface area contributed by atoms with Crippen molar-refractivity contribution in [3.05, 3.63) is 0 Å². The zero-order valence-electron chi connectivity index (χ0n) is 11.2. The van der Waals surface area contributed by atoms with E-state index in [9.17, 15) is 4.79 Å². The molecule has 1 fully saturated rings. The minimum absolute atomic E-state index is 0.00314. The molecule has 6 heteroatoms. The summed E-state index contributed by atoms with van der Waals surface area (Å²) in [4.78, 5) is 12.1. The average Bonchev–Trinajstić information content (AvgIpc) is 2.45. The van der Waals surface area contributed by atoms with Crippen LogP contribution < -0.4 is 0 Å². The van der Waals surface area contributed by atoms with Crippen LogP contribution in [0.15, 0.2) is 0 Å². The summed E-state index contributed by atoms with van der Waals surface area (Å²) in [5.41, 5.74) is 0. The SMILES string of the molecule is C[Si](C)(C)OC(=O)C1CSCN1[Si](C)(C)C. The van der Waals surface area contributed by atoms with E-state index < -0.39 is 16.6 Å². The van der Waals surface area contributed by atoms with E-state index in [0.717, 1.165) is 11.6 Å². The van der Waals surface area contributed by atoms with Crippen molar-refractivity contribution in [2.24, 2.45) is 0 Å². The van der Waals surface area contributed by atoms with Crippen LogP contribution in [0.4, 0.5) is 0 Å². The summed E-state index contributed by atoms with van der Waals surface area (Å²) in [5, 5.41) is 0. The van der Waals surface area contributed by atoms with Crippen LogP contribution in [0.25, 0.3) is 0 Å². The van der Waals surface area contributed by atoms with E-state index in [4.69, 9.17) is 4.43 Å². The summed E-state index contributed by atoms with van der Waals surface area (Å²) in [7, 11) is -3.14. The molecule has 1 atom stereocenters. The molecule has 1 unspecified atom stereocenters. The molecule has 1 aliphatic heterocycles. The van der Waals surface area contributed by atoms with Gasteiger partial charge in [0, 0.05) is 11.6 Å². The fourth-order valence-electron chi connectivity index (χ4n) is 1.67. The van der Waals surface area contributed by atoms with Crippen LogP contribution in [0.5, 0.6) is 0 Å². The minimum Gasteiger partial charge on any atom is -0.519 e. The molecule has 1 aliphatic rings. The van der Waals surface area contributed by atoms with Gasteiger partial charge in [-0.05, 0) is 19.6 Å². The maximum absolute atomic E-state index is 12.1. The molecular weight excluding hydrogens is 254 g/mol. The van der Waals surface area contributed by atoms with Gasteiger partial charge < -0.3 is 8.99 Å². The van der Waals surface area contributed by atoms with Crippen molar-refractivity contribution in [2.45, 2.75) is 45.3 Å². The zero-order valence-corrected chi connectivity index (χ0v) is 14.0. The Kier molecular flexibility index (Phi) is 4.31. The minimum atomic E-state index is -1.75. The number of hydrogen-bond acceptors (Lipinski definition) is 4. The van der Waals surface area contributed by atoms with Gasteiger partial charge in [0.1, 0.15) is 14.3 Å². The number of hydrogen-bond donors (Lipinski definition) is 0. The second-order valence-corrected chi connectivity index (χ2v) is 16.5. The Morgan fingerprint density at radius 1 is 1.25 bits per heavy atom. The maximum atomic E-state index is 12.1. The normalized spacial score (nSPS) is 23.5. The van der Waals surface area contributed by atoms with E-state index in [0.29, 0.717) is 0 Å². The molecule has 0 spiro atoms. The van der Waals surface area contributed by atoms with Gasteiger partial charge in [0.2, 0.25) is 8.32 Å². The monoisotopic (exact) mass is 277 g/mol. The highest BCUT2D eigenvalue weighted by Gasteiger charge is 2.40. The maximum Gasteiger partial charge on any atom is 0.310 e. The molecule has 16 heavy (non-hydrogen) atoms. The van der Waals surface area contributed by atoms with Gasteiger partial charge in [-0.15, -0.1) is 11.8 Å². The number of thioether (sulfide) groups is 1. The molecule has 0 aromatic heterocycles. The Morgan fingerprint density at radius 2 is 1.81 bits per heavy atom. The van der Waals surface area contributed by atoms with Crippen LogP contribution in [0.1, 0.15) is 0 Å². The Balaban J connectivity index is 2.69. The summed E-state index contributed by atoms with van der Waals surface area (Å²) in [6, 6.07) is 0.00314. The largest absolute Gasteiger partial charge is 0.519 e. The Morgan fingerprint density at radius 3 is 2.25 bits per heavy atom. The van der Waals surface area contributed by atoms with Crippen molar-refractivity contribution in [1.29, 1.82) is 0 Å². The highest BCUT2D eigenvalue weighted by molar-refractivity contribution is 7.99. The smallest absolute Gasteiger partial charge is 0.310 e. The van der Waals surface area contributed by atoms with Gasteiger partial charge in [-0.2, -0.15) is 0 Å². The van der Waals surface area contributed by atoms with Crippen LogP contribution >= 0.6 is 11.8 Å². The molecule has 0 aromatic rings. The Labute approximate surface area is 105 Å². The number of carbonyl (C=O) groups excluding carboxylic acids is 1. The van der Waals surface area contributed by atoms with Gasteiger partial charge in [-0.1, -0.05) is 19.6 Å².